The largest absolute Gasteiger partial charge is 0.707 e. The Balaban J connectivity index is 2.90. The molecule has 0 spiro atoms. The van der Waals surface area contributed by atoms with Crippen molar-refractivity contribution in [1.82, 2.24) is 4.98 Å². The Bertz CT molecular complexity index is 283. The van der Waals surface area contributed by atoms with E-state index in [-0.39, 0.29) is 15.9 Å². The van der Waals surface area contributed by atoms with Gasteiger partial charge < -0.3 is 14.7 Å². The maximum atomic E-state index is 8.43. The summed E-state index contributed by atoms with van der Waals surface area (Å²) in [6.07, 6.45) is 1.25. The minimum Gasteiger partial charge on any atom is -0.511 e. The van der Waals surface area contributed by atoms with Crippen LogP contribution in [0.2, 0.25) is 10.2 Å². The summed E-state index contributed by atoms with van der Waals surface area (Å²) in [6, 6.07) is 1.28. The van der Waals surface area contributed by atoms with E-state index in [1.54, 1.807) is 0 Å². The standard InChI is InChI=1S/C5H4BCl2NO3/c7-3-2-9-5(8)1-4(3)12-6(10)11/h1-2,10-11H. The third-order valence-electron chi connectivity index (χ3n) is 1.02. The summed E-state index contributed by atoms with van der Waals surface area (Å²) < 4.78 is 4.48. The Labute approximate surface area is 78.9 Å². The Kier molecular flexibility index (Phi) is 3.16. The van der Waals surface area contributed by atoms with Gasteiger partial charge in [-0.15, -0.1) is 0 Å². The smallest absolute Gasteiger partial charge is 0.511 e. The molecular formula is C5H4BCl2NO3. The van der Waals surface area contributed by atoms with Crippen LogP contribution in [-0.4, -0.2) is 22.4 Å². The van der Waals surface area contributed by atoms with Crippen LogP contribution in [0.1, 0.15) is 0 Å². The molecule has 0 fully saturated rings. The molecule has 0 aliphatic carbocycles. The molecule has 0 amide bonds. The molecule has 0 bridgehead atoms. The maximum absolute atomic E-state index is 8.43. The first-order valence-electron chi connectivity index (χ1n) is 2.93. The van der Waals surface area contributed by atoms with Gasteiger partial charge in [0, 0.05) is 6.07 Å². The highest BCUT2D eigenvalue weighted by molar-refractivity contribution is 6.36. The molecule has 0 aliphatic rings. The van der Waals surface area contributed by atoms with Gasteiger partial charge in [-0.05, 0) is 0 Å². The van der Waals surface area contributed by atoms with Crippen molar-refractivity contribution in [3.05, 3.63) is 22.4 Å². The van der Waals surface area contributed by atoms with E-state index in [1.807, 2.05) is 0 Å². The predicted octanol–water partition coefficient (Wildman–Crippen LogP) is 0.737. The lowest BCUT2D eigenvalue weighted by Gasteiger charge is -2.05. The first-order valence-corrected chi connectivity index (χ1v) is 3.69. The lowest BCUT2D eigenvalue weighted by Crippen LogP contribution is -2.20. The van der Waals surface area contributed by atoms with Crippen molar-refractivity contribution in [2.45, 2.75) is 0 Å². The van der Waals surface area contributed by atoms with E-state index in [9.17, 15) is 0 Å². The van der Waals surface area contributed by atoms with E-state index in [1.165, 1.54) is 12.3 Å². The van der Waals surface area contributed by atoms with Crippen molar-refractivity contribution in [1.29, 1.82) is 0 Å². The average molecular weight is 208 g/mol. The van der Waals surface area contributed by atoms with Crippen molar-refractivity contribution in [2.75, 3.05) is 0 Å². The van der Waals surface area contributed by atoms with Crippen LogP contribution in [0.3, 0.4) is 0 Å². The number of rotatable bonds is 2. The first kappa shape index (κ1) is 9.60. The molecule has 0 saturated carbocycles. The summed E-state index contributed by atoms with van der Waals surface area (Å²) in [6.45, 7) is 0. The minimum atomic E-state index is -1.92. The van der Waals surface area contributed by atoms with Gasteiger partial charge in [-0.2, -0.15) is 0 Å². The SMILES string of the molecule is OB(O)Oc1cc(Cl)ncc1Cl. The van der Waals surface area contributed by atoms with Crippen molar-refractivity contribution in [3.8, 4) is 5.75 Å². The van der Waals surface area contributed by atoms with Gasteiger partial charge in [0.1, 0.15) is 10.9 Å². The van der Waals surface area contributed by atoms with Gasteiger partial charge in [0.05, 0.1) is 11.2 Å². The zero-order valence-corrected chi connectivity index (χ0v) is 7.25. The topological polar surface area (TPSA) is 62.6 Å². The van der Waals surface area contributed by atoms with Gasteiger partial charge in [-0.1, -0.05) is 23.2 Å². The normalized spacial score (nSPS) is 9.67. The number of pyridine rings is 1. The number of hydrogen-bond donors (Lipinski definition) is 2. The molecule has 1 aromatic rings. The zero-order valence-electron chi connectivity index (χ0n) is 5.74. The zero-order chi connectivity index (χ0) is 9.14. The molecule has 1 rings (SSSR count). The van der Waals surface area contributed by atoms with Crippen molar-refractivity contribution in [2.24, 2.45) is 0 Å². The third kappa shape index (κ3) is 2.53. The molecule has 0 saturated heterocycles. The highest BCUT2D eigenvalue weighted by Gasteiger charge is 2.14. The van der Waals surface area contributed by atoms with Gasteiger partial charge in [-0.3, -0.25) is 0 Å². The molecular weight excluding hydrogens is 204 g/mol. The lowest BCUT2D eigenvalue weighted by molar-refractivity contribution is 0.288. The van der Waals surface area contributed by atoms with Crippen LogP contribution in [0.25, 0.3) is 0 Å². The Morgan fingerprint density at radius 3 is 2.67 bits per heavy atom. The van der Waals surface area contributed by atoms with Crippen molar-refractivity contribution in [3.63, 3.8) is 0 Å². The molecule has 2 N–H and O–H groups in total. The lowest BCUT2D eigenvalue weighted by atomic mass is 10.2. The summed E-state index contributed by atoms with van der Waals surface area (Å²) in [4.78, 5) is 3.64. The first-order chi connectivity index (χ1) is 5.59. The number of nitrogens with zero attached hydrogens (tertiary/aromatic N) is 1. The molecule has 0 radical (unpaired) electrons. The fourth-order valence-corrected chi connectivity index (χ4v) is 0.896. The monoisotopic (exact) mass is 207 g/mol. The fraction of sp³-hybridized carbons (Fsp3) is 0. The van der Waals surface area contributed by atoms with Crippen LogP contribution in [0.15, 0.2) is 12.3 Å². The molecule has 0 unspecified atom stereocenters. The Hall–Kier alpha value is -0.485. The number of aromatic nitrogens is 1. The number of halogens is 2. The summed E-state index contributed by atoms with van der Waals surface area (Å²) >= 11 is 11.1. The highest BCUT2D eigenvalue weighted by Crippen LogP contribution is 2.25. The highest BCUT2D eigenvalue weighted by atomic mass is 35.5. The van der Waals surface area contributed by atoms with Gasteiger partial charge >= 0.3 is 7.32 Å². The van der Waals surface area contributed by atoms with E-state index >= 15 is 0 Å². The van der Waals surface area contributed by atoms with E-state index in [2.05, 4.69) is 9.64 Å². The summed E-state index contributed by atoms with van der Waals surface area (Å²) in [5, 5.41) is 17.2. The Morgan fingerprint density at radius 1 is 1.42 bits per heavy atom. The van der Waals surface area contributed by atoms with Crippen LogP contribution in [0, 0.1) is 0 Å². The van der Waals surface area contributed by atoms with Gasteiger partial charge in [0.15, 0.2) is 0 Å². The molecule has 0 aromatic carbocycles. The quantitative estimate of drug-likeness (QED) is 0.555. The third-order valence-corrected chi connectivity index (χ3v) is 1.51. The van der Waals surface area contributed by atoms with Gasteiger partial charge in [0.25, 0.3) is 0 Å². The van der Waals surface area contributed by atoms with Crippen molar-refractivity contribution >= 4 is 30.5 Å². The van der Waals surface area contributed by atoms with E-state index in [0.717, 1.165) is 0 Å². The molecule has 64 valence electrons. The molecule has 12 heavy (non-hydrogen) atoms. The summed E-state index contributed by atoms with van der Waals surface area (Å²) in [5.74, 6) is 0.0756. The Morgan fingerprint density at radius 2 is 2.08 bits per heavy atom. The van der Waals surface area contributed by atoms with Crippen molar-refractivity contribution < 1.29 is 14.7 Å². The molecule has 7 heteroatoms. The van der Waals surface area contributed by atoms with E-state index in [0.29, 0.717) is 0 Å². The average Bonchev–Trinajstić information content (AvgIpc) is 1.96. The van der Waals surface area contributed by atoms with Crippen LogP contribution in [0.5, 0.6) is 5.75 Å². The molecule has 0 atom stereocenters. The summed E-state index contributed by atoms with van der Waals surface area (Å²) in [5.41, 5.74) is 0. The van der Waals surface area contributed by atoms with Crippen LogP contribution >= 0.6 is 23.2 Å². The fourth-order valence-electron chi connectivity index (χ4n) is 0.600. The molecule has 1 heterocycles. The molecule has 4 nitrogen and oxygen atoms in total. The predicted molar refractivity (Wildman–Crippen MR) is 45.1 cm³/mol. The maximum Gasteiger partial charge on any atom is 0.707 e. The number of hydrogen-bond acceptors (Lipinski definition) is 4. The molecule has 1 aromatic heterocycles. The second-order valence-corrected chi connectivity index (χ2v) is 2.68. The second kappa shape index (κ2) is 3.95. The molecule has 0 aliphatic heterocycles. The second-order valence-electron chi connectivity index (χ2n) is 1.88. The van der Waals surface area contributed by atoms with Crippen LogP contribution in [0.4, 0.5) is 0 Å². The minimum absolute atomic E-state index is 0.0756. The van der Waals surface area contributed by atoms with E-state index < -0.39 is 7.32 Å². The van der Waals surface area contributed by atoms with Gasteiger partial charge in [-0.25, -0.2) is 4.98 Å². The van der Waals surface area contributed by atoms with Gasteiger partial charge in [0.2, 0.25) is 0 Å². The van der Waals surface area contributed by atoms with Crippen LogP contribution in [-0.2, 0) is 0 Å². The van der Waals surface area contributed by atoms with Crippen LogP contribution < -0.4 is 4.65 Å². The summed E-state index contributed by atoms with van der Waals surface area (Å²) in [7, 11) is -1.92. The van der Waals surface area contributed by atoms with E-state index in [4.69, 9.17) is 33.2 Å².